The van der Waals surface area contributed by atoms with Crippen LogP contribution in [0, 0.1) is 0 Å². The third-order valence-electron chi connectivity index (χ3n) is 4.77. The fraction of sp³-hybridized carbons (Fsp3) is 0.667. The minimum atomic E-state index is -0.181. The predicted octanol–water partition coefficient (Wildman–Crippen LogP) is 1.71. The molecule has 2 aromatic heterocycles. The SMILES string of the molecule is COC(=O)CN1CCC(Nc2nc(C(C)(C)C)nc3c2cnn3C)CC1. The number of carbonyl (C=O) groups excluding carboxylic acids is 1. The van der Waals surface area contributed by atoms with Crippen LogP contribution in [0.1, 0.15) is 39.4 Å². The van der Waals surface area contributed by atoms with Crippen LogP contribution in [-0.2, 0) is 22.0 Å². The number of nitrogens with one attached hydrogen (secondary N) is 1. The summed E-state index contributed by atoms with van der Waals surface area (Å²) in [6.07, 6.45) is 3.72. The maximum atomic E-state index is 11.4. The summed E-state index contributed by atoms with van der Waals surface area (Å²) in [6, 6.07) is 0.315. The number of aryl methyl sites for hydroxylation is 1. The van der Waals surface area contributed by atoms with Gasteiger partial charge in [-0.2, -0.15) is 5.10 Å². The largest absolute Gasteiger partial charge is 0.468 e. The van der Waals surface area contributed by atoms with E-state index in [2.05, 4.69) is 36.1 Å². The average molecular weight is 360 g/mol. The quantitative estimate of drug-likeness (QED) is 0.831. The number of piperidine rings is 1. The van der Waals surface area contributed by atoms with Crippen molar-refractivity contribution in [2.75, 3.05) is 32.1 Å². The smallest absolute Gasteiger partial charge is 0.319 e. The van der Waals surface area contributed by atoms with Gasteiger partial charge in [0.15, 0.2) is 5.65 Å². The summed E-state index contributed by atoms with van der Waals surface area (Å²) in [6.45, 7) is 8.41. The standard InChI is InChI=1S/C18H28N6O2/c1-18(2,3)17-21-15(13-10-19-23(4)16(13)22-17)20-12-6-8-24(9-7-12)11-14(25)26-5/h10,12H,6-9,11H2,1-5H3,(H,20,21,22). The fourth-order valence-corrected chi connectivity index (χ4v) is 3.14. The van der Waals surface area contributed by atoms with Gasteiger partial charge in [-0.05, 0) is 12.8 Å². The monoisotopic (exact) mass is 360 g/mol. The zero-order valence-electron chi connectivity index (χ0n) is 16.2. The second kappa shape index (κ2) is 7.19. The number of rotatable bonds is 4. The van der Waals surface area contributed by atoms with Crippen molar-refractivity contribution >= 4 is 22.8 Å². The molecule has 1 saturated heterocycles. The molecule has 1 aliphatic rings. The van der Waals surface area contributed by atoms with Crippen LogP contribution in [-0.4, -0.2) is 63.4 Å². The van der Waals surface area contributed by atoms with Gasteiger partial charge in [-0.1, -0.05) is 20.8 Å². The molecule has 3 heterocycles. The molecule has 1 fully saturated rings. The molecule has 26 heavy (non-hydrogen) atoms. The van der Waals surface area contributed by atoms with E-state index < -0.39 is 0 Å². The number of fused-ring (bicyclic) bond motifs is 1. The Hall–Kier alpha value is -2.22. The highest BCUT2D eigenvalue weighted by Crippen LogP contribution is 2.27. The van der Waals surface area contributed by atoms with Crippen LogP contribution in [0.5, 0.6) is 0 Å². The first-order valence-electron chi connectivity index (χ1n) is 9.04. The van der Waals surface area contributed by atoms with Gasteiger partial charge in [-0.15, -0.1) is 0 Å². The predicted molar refractivity (Wildman–Crippen MR) is 100 cm³/mol. The van der Waals surface area contributed by atoms with Gasteiger partial charge in [0.1, 0.15) is 11.6 Å². The maximum Gasteiger partial charge on any atom is 0.319 e. The summed E-state index contributed by atoms with van der Waals surface area (Å²) in [5.41, 5.74) is 0.703. The number of hydrogen-bond donors (Lipinski definition) is 1. The van der Waals surface area contributed by atoms with Crippen LogP contribution < -0.4 is 5.32 Å². The van der Waals surface area contributed by atoms with Crippen molar-refractivity contribution in [3.63, 3.8) is 0 Å². The van der Waals surface area contributed by atoms with Crippen molar-refractivity contribution in [1.29, 1.82) is 0 Å². The molecule has 1 aliphatic heterocycles. The lowest BCUT2D eigenvalue weighted by Gasteiger charge is -2.32. The number of anilines is 1. The number of aromatic nitrogens is 4. The Kier molecular flexibility index (Phi) is 5.13. The molecule has 0 aromatic carbocycles. The minimum Gasteiger partial charge on any atom is -0.468 e. The van der Waals surface area contributed by atoms with Crippen LogP contribution in [0.15, 0.2) is 6.20 Å². The average Bonchev–Trinajstić information content (AvgIpc) is 2.97. The number of likely N-dealkylation sites (tertiary alicyclic amines) is 1. The summed E-state index contributed by atoms with van der Waals surface area (Å²) in [5.74, 6) is 1.47. The van der Waals surface area contributed by atoms with Gasteiger partial charge in [0, 0.05) is 31.6 Å². The second-order valence-corrected chi connectivity index (χ2v) is 7.92. The number of carbonyl (C=O) groups is 1. The van der Waals surface area contributed by atoms with Crippen LogP contribution in [0.25, 0.3) is 11.0 Å². The second-order valence-electron chi connectivity index (χ2n) is 7.92. The Morgan fingerprint density at radius 2 is 2.00 bits per heavy atom. The van der Waals surface area contributed by atoms with Gasteiger partial charge in [0.2, 0.25) is 0 Å². The summed E-state index contributed by atoms with van der Waals surface area (Å²) < 4.78 is 6.54. The van der Waals surface area contributed by atoms with Crippen molar-refractivity contribution < 1.29 is 9.53 Å². The summed E-state index contributed by atoms with van der Waals surface area (Å²) in [4.78, 5) is 23.1. The van der Waals surface area contributed by atoms with E-state index in [9.17, 15) is 4.79 Å². The van der Waals surface area contributed by atoms with Crippen molar-refractivity contribution in [1.82, 2.24) is 24.6 Å². The first kappa shape index (κ1) is 18.6. The Bertz CT molecular complexity index is 787. The highest BCUT2D eigenvalue weighted by molar-refractivity contribution is 5.86. The first-order valence-corrected chi connectivity index (χ1v) is 9.04. The van der Waals surface area contributed by atoms with Crippen molar-refractivity contribution in [2.45, 2.75) is 45.1 Å². The van der Waals surface area contributed by atoms with Gasteiger partial charge in [-0.25, -0.2) is 9.97 Å². The van der Waals surface area contributed by atoms with Gasteiger partial charge in [-0.3, -0.25) is 14.4 Å². The van der Waals surface area contributed by atoms with E-state index in [1.54, 1.807) is 4.68 Å². The third-order valence-corrected chi connectivity index (χ3v) is 4.77. The molecule has 3 rings (SSSR count). The maximum absolute atomic E-state index is 11.4. The third kappa shape index (κ3) is 3.95. The zero-order chi connectivity index (χ0) is 18.9. The molecule has 0 saturated carbocycles. The van der Waals surface area contributed by atoms with E-state index in [0.717, 1.165) is 48.6 Å². The molecule has 0 unspecified atom stereocenters. The minimum absolute atomic E-state index is 0.140. The molecule has 8 heteroatoms. The normalized spacial score (nSPS) is 16.8. The number of ether oxygens (including phenoxy) is 1. The molecule has 1 N–H and O–H groups in total. The molecule has 0 bridgehead atoms. The van der Waals surface area contributed by atoms with Crippen molar-refractivity contribution in [3.8, 4) is 0 Å². The van der Waals surface area contributed by atoms with E-state index in [4.69, 9.17) is 14.7 Å². The Morgan fingerprint density at radius 3 is 2.62 bits per heavy atom. The van der Waals surface area contributed by atoms with Gasteiger partial charge >= 0.3 is 5.97 Å². The van der Waals surface area contributed by atoms with Crippen LogP contribution in [0.3, 0.4) is 0 Å². The molecule has 0 spiro atoms. The van der Waals surface area contributed by atoms with Gasteiger partial charge in [0.05, 0.1) is 25.2 Å². The van der Waals surface area contributed by atoms with Crippen LogP contribution in [0.4, 0.5) is 5.82 Å². The topological polar surface area (TPSA) is 85.2 Å². The molecular formula is C18H28N6O2. The van der Waals surface area contributed by atoms with E-state index in [0.29, 0.717) is 12.6 Å². The fourth-order valence-electron chi connectivity index (χ4n) is 3.14. The van der Waals surface area contributed by atoms with Crippen molar-refractivity contribution in [3.05, 3.63) is 12.0 Å². The number of hydrogen-bond acceptors (Lipinski definition) is 7. The van der Waals surface area contributed by atoms with E-state index >= 15 is 0 Å². The highest BCUT2D eigenvalue weighted by atomic mass is 16.5. The summed E-state index contributed by atoms with van der Waals surface area (Å²) >= 11 is 0. The molecule has 2 aromatic rings. The number of esters is 1. The van der Waals surface area contributed by atoms with Crippen molar-refractivity contribution in [2.24, 2.45) is 7.05 Å². The molecule has 0 amide bonds. The molecule has 8 nitrogen and oxygen atoms in total. The number of methoxy groups -OCH3 is 1. The zero-order valence-corrected chi connectivity index (χ0v) is 16.2. The lowest BCUT2D eigenvalue weighted by Crippen LogP contribution is -2.41. The lowest BCUT2D eigenvalue weighted by molar-refractivity contribution is -0.142. The molecule has 0 radical (unpaired) electrons. The molecular weight excluding hydrogens is 332 g/mol. The van der Waals surface area contributed by atoms with E-state index in [-0.39, 0.29) is 11.4 Å². The lowest BCUT2D eigenvalue weighted by atomic mass is 9.95. The molecule has 0 aliphatic carbocycles. The van der Waals surface area contributed by atoms with Crippen LogP contribution >= 0.6 is 0 Å². The Balaban J connectivity index is 1.76. The highest BCUT2D eigenvalue weighted by Gasteiger charge is 2.25. The van der Waals surface area contributed by atoms with Crippen LogP contribution in [0.2, 0.25) is 0 Å². The molecule has 142 valence electrons. The van der Waals surface area contributed by atoms with E-state index in [1.807, 2.05) is 13.2 Å². The molecule has 0 atom stereocenters. The Morgan fingerprint density at radius 1 is 1.31 bits per heavy atom. The Labute approximate surface area is 153 Å². The summed E-state index contributed by atoms with van der Waals surface area (Å²) in [5, 5.41) is 8.87. The number of nitrogens with zero attached hydrogens (tertiary/aromatic N) is 5. The van der Waals surface area contributed by atoms with E-state index in [1.165, 1.54) is 7.11 Å². The summed E-state index contributed by atoms with van der Waals surface area (Å²) in [7, 11) is 3.33. The van der Waals surface area contributed by atoms with Gasteiger partial charge < -0.3 is 10.1 Å². The first-order chi connectivity index (χ1) is 12.3. The van der Waals surface area contributed by atoms with Gasteiger partial charge in [0.25, 0.3) is 0 Å².